The standard InChI is InChI=1S/C17H14ClFN6O3/c18-12-8-11(6-7-13(12)19)22-16(14-15(20)24-28-23-14)25-27-17(26)21-9-10-4-2-1-3-5-10/h1-8H,9H2,(H2,20,24)(H,21,26)(H,22,25). The van der Waals surface area contributed by atoms with Crippen LogP contribution in [0.5, 0.6) is 0 Å². The highest BCUT2D eigenvalue weighted by molar-refractivity contribution is 6.31. The van der Waals surface area contributed by atoms with Gasteiger partial charge in [-0.3, -0.25) is 4.84 Å². The topological polar surface area (TPSA) is 128 Å². The average Bonchev–Trinajstić information content (AvgIpc) is 3.13. The molecule has 3 rings (SSSR count). The normalized spacial score (nSPS) is 11.1. The van der Waals surface area contributed by atoms with Crippen LogP contribution in [0.25, 0.3) is 0 Å². The molecule has 0 aliphatic heterocycles. The summed E-state index contributed by atoms with van der Waals surface area (Å²) in [5.74, 6) is -0.770. The molecule has 0 bridgehead atoms. The number of amides is 1. The third-order valence-electron chi connectivity index (χ3n) is 3.42. The first kappa shape index (κ1) is 19.1. The Hall–Kier alpha value is -3.66. The van der Waals surface area contributed by atoms with Crippen molar-refractivity contribution in [1.82, 2.24) is 15.6 Å². The van der Waals surface area contributed by atoms with E-state index in [0.717, 1.165) is 11.6 Å². The lowest BCUT2D eigenvalue weighted by Crippen LogP contribution is -2.24. The summed E-state index contributed by atoms with van der Waals surface area (Å²) in [5, 5.41) is 15.9. The predicted molar refractivity (Wildman–Crippen MR) is 100 cm³/mol. The fraction of sp³-hybridized carbons (Fsp3) is 0.0588. The molecule has 4 N–H and O–H groups in total. The number of hydrogen-bond donors (Lipinski definition) is 3. The van der Waals surface area contributed by atoms with E-state index in [0.29, 0.717) is 5.69 Å². The number of nitrogens with two attached hydrogens (primary N) is 1. The molecule has 1 amide bonds. The van der Waals surface area contributed by atoms with Gasteiger partial charge in [-0.1, -0.05) is 47.1 Å². The molecule has 0 unspecified atom stereocenters. The van der Waals surface area contributed by atoms with Crippen molar-refractivity contribution in [3.8, 4) is 0 Å². The number of aromatic nitrogens is 2. The number of carbonyl (C=O) groups excluding carboxylic acids is 1. The average molecular weight is 405 g/mol. The quantitative estimate of drug-likeness (QED) is 0.258. The number of anilines is 2. The van der Waals surface area contributed by atoms with Gasteiger partial charge in [0.2, 0.25) is 5.84 Å². The minimum absolute atomic E-state index is 0.00342. The zero-order valence-corrected chi connectivity index (χ0v) is 15.0. The van der Waals surface area contributed by atoms with Crippen molar-refractivity contribution in [2.45, 2.75) is 6.54 Å². The molecule has 0 radical (unpaired) electrons. The summed E-state index contributed by atoms with van der Waals surface area (Å²) >= 11 is 5.76. The molecular weight excluding hydrogens is 391 g/mol. The van der Waals surface area contributed by atoms with Crippen LogP contribution >= 0.6 is 11.6 Å². The Bertz CT molecular complexity index is 996. The van der Waals surface area contributed by atoms with E-state index < -0.39 is 11.9 Å². The van der Waals surface area contributed by atoms with E-state index in [1.165, 1.54) is 12.1 Å². The van der Waals surface area contributed by atoms with Gasteiger partial charge in [0.05, 0.1) is 5.02 Å². The molecule has 144 valence electrons. The minimum atomic E-state index is -0.810. The van der Waals surface area contributed by atoms with Crippen LogP contribution in [0.3, 0.4) is 0 Å². The molecule has 0 fully saturated rings. The number of carbonyl (C=O) groups is 1. The van der Waals surface area contributed by atoms with Gasteiger partial charge in [0.15, 0.2) is 11.5 Å². The lowest BCUT2D eigenvalue weighted by molar-refractivity contribution is 0.150. The SMILES string of the molecule is Nc1nonc1/C(=N/OC(=O)NCc1ccccc1)Nc1ccc(F)c(Cl)c1. The number of hydrogen-bond acceptors (Lipinski definition) is 7. The molecule has 0 aliphatic carbocycles. The van der Waals surface area contributed by atoms with E-state index in [4.69, 9.17) is 22.2 Å². The molecule has 3 aromatic rings. The number of nitrogens with one attached hydrogen (secondary N) is 2. The molecule has 0 aliphatic rings. The van der Waals surface area contributed by atoms with Crippen LogP contribution in [0, 0.1) is 5.82 Å². The van der Waals surface area contributed by atoms with Crippen LogP contribution in [0.15, 0.2) is 58.3 Å². The van der Waals surface area contributed by atoms with Gasteiger partial charge < -0.3 is 16.4 Å². The molecule has 1 heterocycles. The molecule has 0 saturated carbocycles. The van der Waals surface area contributed by atoms with Crippen molar-refractivity contribution >= 4 is 35.0 Å². The Morgan fingerprint density at radius 2 is 2.04 bits per heavy atom. The monoisotopic (exact) mass is 404 g/mol. The summed E-state index contributed by atoms with van der Waals surface area (Å²) in [6.07, 6.45) is -0.810. The molecule has 1 aromatic heterocycles. The zero-order chi connectivity index (χ0) is 19.9. The molecule has 28 heavy (non-hydrogen) atoms. The number of rotatable bonds is 5. The summed E-state index contributed by atoms with van der Waals surface area (Å²) in [5.41, 5.74) is 6.89. The Balaban J connectivity index is 1.72. The number of nitrogens with zero attached hydrogens (tertiary/aromatic N) is 3. The third kappa shape index (κ3) is 4.95. The van der Waals surface area contributed by atoms with Gasteiger partial charge in [-0.2, -0.15) is 0 Å². The smallest absolute Gasteiger partial charge is 0.379 e. The molecule has 0 spiro atoms. The molecule has 11 heteroatoms. The Morgan fingerprint density at radius 3 is 2.71 bits per heavy atom. The Morgan fingerprint density at radius 1 is 1.25 bits per heavy atom. The highest BCUT2D eigenvalue weighted by atomic mass is 35.5. The number of oxime groups is 1. The molecule has 0 atom stereocenters. The van der Waals surface area contributed by atoms with E-state index in [1.54, 1.807) is 0 Å². The van der Waals surface area contributed by atoms with Gasteiger partial charge in [0, 0.05) is 12.2 Å². The van der Waals surface area contributed by atoms with Crippen LogP contribution in [0.4, 0.5) is 20.7 Å². The van der Waals surface area contributed by atoms with E-state index in [2.05, 4.69) is 30.7 Å². The summed E-state index contributed by atoms with van der Waals surface area (Å²) < 4.78 is 17.9. The van der Waals surface area contributed by atoms with Crippen LogP contribution < -0.4 is 16.4 Å². The summed E-state index contributed by atoms with van der Waals surface area (Å²) in [7, 11) is 0. The van der Waals surface area contributed by atoms with Crippen LogP contribution in [0.1, 0.15) is 11.3 Å². The summed E-state index contributed by atoms with van der Waals surface area (Å²) in [6.45, 7) is 0.249. The minimum Gasteiger partial charge on any atom is -0.379 e. The van der Waals surface area contributed by atoms with Crippen molar-refractivity contribution in [3.05, 3.63) is 70.6 Å². The number of benzene rings is 2. The van der Waals surface area contributed by atoms with Gasteiger partial charge in [0.25, 0.3) is 0 Å². The fourth-order valence-corrected chi connectivity index (χ4v) is 2.27. The van der Waals surface area contributed by atoms with Crippen LogP contribution in [-0.4, -0.2) is 22.2 Å². The van der Waals surface area contributed by atoms with E-state index >= 15 is 0 Å². The van der Waals surface area contributed by atoms with Crippen molar-refractivity contribution in [3.63, 3.8) is 0 Å². The number of amidine groups is 1. The maximum Gasteiger partial charge on any atom is 0.433 e. The lowest BCUT2D eigenvalue weighted by Gasteiger charge is -2.08. The maximum absolute atomic E-state index is 13.3. The summed E-state index contributed by atoms with van der Waals surface area (Å²) in [4.78, 5) is 16.7. The van der Waals surface area contributed by atoms with Crippen molar-refractivity contribution < 1.29 is 18.7 Å². The van der Waals surface area contributed by atoms with Crippen LogP contribution in [-0.2, 0) is 11.4 Å². The van der Waals surface area contributed by atoms with Gasteiger partial charge in [-0.15, -0.1) is 0 Å². The van der Waals surface area contributed by atoms with E-state index in [-0.39, 0.29) is 28.9 Å². The Labute approximate surface area is 163 Å². The second kappa shape index (κ2) is 8.82. The first-order valence-electron chi connectivity index (χ1n) is 7.90. The fourth-order valence-electron chi connectivity index (χ4n) is 2.09. The van der Waals surface area contributed by atoms with Gasteiger partial charge in [-0.05, 0) is 34.1 Å². The largest absolute Gasteiger partial charge is 0.433 e. The van der Waals surface area contributed by atoms with E-state index in [1.807, 2.05) is 30.3 Å². The summed E-state index contributed by atoms with van der Waals surface area (Å²) in [6, 6.07) is 13.1. The van der Waals surface area contributed by atoms with Gasteiger partial charge in [0.1, 0.15) is 5.82 Å². The number of halogens is 2. The van der Waals surface area contributed by atoms with Crippen molar-refractivity contribution in [2.75, 3.05) is 11.1 Å². The predicted octanol–water partition coefficient (Wildman–Crippen LogP) is 3.14. The molecule has 0 saturated heterocycles. The van der Waals surface area contributed by atoms with Crippen molar-refractivity contribution in [1.29, 1.82) is 0 Å². The molecule has 2 aromatic carbocycles. The van der Waals surface area contributed by atoms with Gasteiger partial charge >= 0.3 is 6.09 Å². The highest BCUT2D eigenvalue weighted by Gasteiger charge is 2.17. The first-order chi connectivity index (χ1) is 13.5. The third-order valence-corrected chi connectivity index (χ3v) is 3.71. The second-order valence-electron chi connectivity index (χ2n) is 5.41. The first-order valence-corrected chi connectivity index (χ1v) is 8.28. The maximum atomic E-state index is 13.3. The highest BCUT2D eigenvalue weighted by Crippen LogP contribution is 2.20. The van der Waals surface area contributed by atoms with Crippen LogP contribution in [0.2, 0.25) is 5.02 Å². The number of nitrogen functional groups attached to an aromatic ring is 1. The van der Waals surface area contributed by atoms with Crippen molar-refractivity contribution in [2.24, 2.45) is 5.16 Å². The molecule has 9 nitrogen and oxygen atoms in total. The second-order valence-corrected chi connectivity index (χ2v) is 5.82. The van der Waals surface area contributed by atoms with Gasteiger partial charge in [-0.25, -0.2) is 13.8 Å². The van der Waals surface area contributed by atoms with E-state index in [9.17, 15) is 9.18 Å². The molecular formula is C17H14ClFN6O3. The Kier molecular flexibility index (Phi) is 6.02. The zero-order valence-electron chi connectivity index (χ0n) is 14.2. The lowest BCUT2D eigenvalue weighted by atomic mass is 10.2.